The highest BCUT2D eigenvalue weighted by Gasteiger charge is 1.86. The Morgan fingerprint density at radius 3 is 2.60 bits per heavy atom. The minimum absolute atomic E-state index is 0.829. The summed E-state index contributed by atoms with van der Waals surface area (Å²) in [6.07, 6.45) is 1.08. The summed E-state index contributed by atoms with van der Waals surface area (Å²) in [7, 11) is 5.78. The molecular weight excluding hydrogens is 126 g/mol. The first-order chi connectivity index (χ1) is 4.77. The van der Waals surface area contributed by atoms with Crippen molar-refractivity contribution in [3.63, 3.8) is 0 Å². The number of hydrogen-bond acceptors (Lipinski definition) is 3. The molecule has 3 nitrogen and oxygen atoms in total. The monoisotopic (exact) mass is 141 g/mol. The van der Waals surface area contributed by atoms with Crippen LogP contribution in [0.2, 0.25) is 0 Å². The van der Waals surface area contributed by atoms with E-state index in [1.165, 1.54) is 0 Å². The molecular formula is C7H15N3. The van der Waals surface area contributed by atoms with E-state index >= 15 is 0 Å². The van der Waals surface area contributed by atoms with E-state index in [9.17, 15) is 0 Å². The summed E-state index contributed by atoms with van der Waals surface area (Å²) in [6.45, 7) is 1.91. The Morgan fingerprint density at radius 2 is 2.10 bits per heavy atom. The highest BCUT2D eigenvalue weighted by atomic mass is 15.0. The van der Waals surface area contributed by atoms with E-state index in [0.717, 1.165) is 19.5 Å². The van der Waals surface area contributed by atoms with Crippen molar-refractivity contribution in [2.45, 2.75) is 6.42 Å². The van der Waals surface area contributed by atoms with Crippen molar-refractivity contribution in [1.82, 2.24) is 4.90 Å². The molecule has 0 aromatic rings. The van der Waals surface area contributed by atoms with Gasteiger partial charge in [-0.3, -0.25) is 0 Å². The van der Waals surface area contributed by atoms with E-state index < -0.39 is 0 Å². The topological polar surface area (TPSA) is 28.0 Å². The Kier molecular flexibility index (Phi) is 6.03. The molecule has 0 aromatic carbocycles. The van der Waals surface area contributed by atoms with Crippen LogP contribution in [0, 0.1) is 0 Å². The van der Waals surface area contributed by atoms with Crippen molar-refractivity contribution >= 4 is 6.01 Å². The zero-order valence-electron chi connectivity index (χ0n) is 6.96. The lowest BCUT2D eigenvalue weighted by Gasteiger charge is -2.05. The Hall–Kier alpha value is -0.660. The van der Waals surface area contributed by atoms with Crippen LogP contribution < -0.4 is 0 Å². The van der Waals surface area contributed by atoms with Crippen LogP contribution in [0.25, 0.3) is 0 Å². The lowest BCUT2D eigenvalue weighted by atomic mass is 10.4. The van der Waals surface area contributed by atoms with Gasteiger partial charge in [0.15, 0.2) is 0 Å². The molecule has 0 aromatic heterocycles. The Morgan fingerprint density at radius 1 is 1.40 bits per heavy atom. The first kappa shape index (κ1) is 9.34. The van der Waals surface area contributed by atoms with E-state index in [0.29, 0.717) is 0 Å². The normalized spacial score (nSPS) is 9.20. The maximum atomic E-state index is 3.92. The standard InChI is InChI=1S/C7H15N3/c1-8-7-9-5-4-6-10(2)3/h4-6H2,1-3H3. The van der Waals surface area contributed by atoms with E-state index in [1.54, 1.807) is 7.05 Å². The van der Waals surface area contributed by atoms with Crippen LogP contribution in [0.4, 0.5) is 0 Å². The number of nitrogens with zero attached hydrogens (tertiary/aromatic N) is 3. The van der Waals surface area contributed by atoms with Gasteiger partial charge in [-0.25, -0.2) is 9.98 Å². The van der Waals surface area contributed by atoms with Gasteiger partial charge in [0.2, 0.25) is 0 Å². The molecule has 0 spiro atoms. The third kappa shape index (κ3) is 7.34. The number of rotatable bonds is 4. The van der Waals surface area contributed by atoms with E-state index in [1.807, 2.05) is 0 Å². The van der Waals surface area contributed by atoms with Crippen LogP contribution in [0.3, 0.4) is 0 Å². The van der Waals surface area contributed by atoms with Gasteiger partial charge in [0.1, 0.15) is 0 Å². The second-order valence-electron chi connectivity index (χ2n) is 2.36. The van der Waals surface area contributed by atoms with Crippen LogP contribution in [0.15, 0.2) is 9.98 Å². The van der Waals surface area contributed by atoms with Crippen molar-refractivity contribution < 1.29 is 0 Å². The van der Waals surface area contributed by atoms with Crippen molar-refractivity contribution in [1.29, 1.82) is 0 Å². The van der Waals surface area contributed by atoms with Gasteiger partial charge in [-0.15, -0.1) is 0 Å². The lowest BCUT2D eigenvalue weighted by molar-refractivity contribution is 0.403. The largest absolute Gasteiger partial charge is 0.309 e. The van der Waals surface area contributed by atoms with Gasteiger partial charge in [-0.1, -0.05) is 0 Å². The van der Waals surface area contributed by atoms with Crippen LogP contribution in [-0.4, -0.2) is 45.1 Å². The molecule has 0 rings (SSSR count). The van der Waals surface area contributed by atoms with E-state index in [4.69, 9.17) is 0 Å². The third-order valence-corrected chi connectivity index (χ3v) is 1.05. The first-order valence-electron chi connectivity index (χ1n) is 3.42. The Balaban J connectivity index is 3.13. The lowest BCUT2D eigenvalue weighted by Crippen LogP contribution is -2.13. The van der Waals surface area contributed by atoms with Crippen molar-refractivity contribution in [2.24, 2.45) is 9.98 Å². The molecule has 0 aliphatic rings. The zero-order chi connectivity index (χ0) is 7.82. The molecule has 0 atom stereocenters. The summed E-state index contributed by atoms with van der Waals surface area (Å²) in [4.78, 5) is 9.68. The Labute approximate surface area is 62.5 Å². The molecule has 3 heteroatoms. The molecule has 0 radical (unpaired) electrons. The van der Waals surface area contributed by atoms with Gasteiger partial charge in [0.05, 0.1) is 12.6 Å². The number of aliphatic imine (C=N–C) groups is 2. The average Bonchev–Trinajstić information content (AvgIpc) is 1.87. The summed E-state index contributed by atoms with van der Waals surface area (Å²) in [5, 5.41) is 0. The van der Waals surface area contributed by atoms with Gasteiger partial charge in [-0.05, 0) is 27.1 Å². The maximum Gasteiger partial charge on any atom is 0.0889 e. The van der Waals surface area contributed by atoms with Crippen molar-refractivity contribution in [2.75, 3.05) is 34.2 Å². The molecule has 0 unspecified atom stereocenters. The van der Waals surface area contributed by atoms with E-state index in [-0.39, 0.29) is 0 Å². The minimum Gasteiger partial charge on any atom is -0.309 e. The van der Waals surface area contributed by atoms with Crippen LogP contribution >= 0.6 is 0 Å². The first-order valence-corrected chi connectivity index (χ1v) is 3.42. The van der Waals surface area contributed by atoms with Gasteiger partial charge < -0.3 is 4.90 Å². The minimum atomic E-state index is 0.829. The molecule has 0 fully saturated rings. The predicted octanol–water partition coefficient (Wildman–Crippen LogP) is 0.742. The van der Waals surface area contributed by atoms with E-state index in [2.05, 4.69) is 35.0 Å². The molecule has 10 heavy (non-hydrogen) atoms. The summed E-state index contributed by atoms with van der Waals surface area (Å²) in [5.74, 6) is 0. The zero-order valence-corrected chi connectivity index (χ0v) is 6.96. The Bertz CT molecular complexity index is 123. The SMILES string of the molecule is CN=C=NCCCN(C)C. The van der Waals surface area contributed by atoms with Crippen molar-refractivity contribution in [3.05, 3.63) is 0 Å². The summed E-state index contributed by atoms with van der Waals surface area (Å²) in [5.41, 5.74) is 0. The summed E-state index contributed by atoms with van der Waals surface area (Å²) < 4.78 is 0. The molecule has 0 aliphatic heterocycles. The average molecular weight is 141 g/mol. The molecule has 0 N–H and O–H groups in total. The van der Waals surface area contributed by atoms with Gasteiger partial charge in [0, 0.05) is 7.05 Å². The fourth-order valence-corrected chi connectivity index (χ4v) is 0.587. The van der Waals surface area contributed by atoms with Gasteiger partial charge in [-0.2, -0.15) is 0 Å². The van der Waals surface area contributed by atoms with Gasteiger partial charge in [0.25, 0.3) is 0 Å². The smallest absolute Gasteiger partial charge is 0.0889 e. The van der Waals surface area contributed by atoms with Crippen LogP contribution in [0.5, 0.6) is 0 Å². The molecule has 0 amide bonds. The second kappa shape index (κ2) is 6.46. The summed E-state index contributed by atoms with van der Waals surface area (Å²) in [6, 6.07) is 2.55. The van der Waals surface area contributed by atoms with Crippen LogP contribution in [-0.2, 0) is 0 Å². The highest BCUT2D eigenvalue weighted by molar-refractivity contribution is 5.40. The second-order valence-corrected chi connectivity index (χ2v) is 2.36. The number of hydrogen-bond donors (Lipinski definition) is 0. The quantitative estimate of drug-likeness (QED) is 0.419. The summed E-state index contributed by atoms with van der Waals surface area (Å²) >= 11 is 0. The fourth-order valence-electron chi connectivity index (χ4n) is 0.587. The fraction of sp³-hybridized carbons (Fsp3) is 0.857. The van der Waals surface area contributed by atoms with Crippen molar-refractivity contribution in [3.8, 4) is 0 Å². The highest BCUT2D eigenvalue weighted by Crippen LogP contribution is 1.82. The van der Waals surface area contributed by atoms with Crippen LogP contribution in [0.1, 0.15) is 6.42 Å². The maximum absolute atomic E-state index is 3.92. The molecule has 0 aliphatic carbocycles. The molecule has 0 saturated carbocycles. The van der Waals surface area contributed by atoms with Gasteiger partial charge >= 0.3 is 0 Å². The molecule has 58 valence electrons. The molecule has 0 heterocycles. The molecule has 0 saturated heterocycles. The molecule has 0 bridgehead atoms. The predicted molar refractivity (Wildman–Crippen MR) is 43.8 cm³/mol. The third-order valence-electron chi connectivity index (χ3n) is 1.05.